The molecule has 16 heavy (non-hydrogen) atoms. The van der Waals surface area contributed by atoms with E-state index in [4.69, 9.17) is 23.2 Å². The average molecular weight is 279 g/mol. The lowest BCUT2D eigenvalue weighted by Crippen LogP contribution is -2.31. The van der Waals surface area contributed by atoms with Gasteiger partial charge in [0, 0.05) is 30.9 Å². The molecule has 5 heteroatoms. The van der Waals surface area contributed by atoms with Crippen LogP contribution in [0.2, 0.25) is 5.02 Å². The van der Waals surface area contributed by atoms with Crippen molar-refractivity contribution in [1.82, 2.24) is 4.98 Å². The molecule has 1 atom stereocenters. The number of pyridine rings is 1. The zero-order valence-electron chi connectivity index (χ0n) is 9.70. The van der Waals surface area contributed by atoms with Crippen LogP contribution in [0, 0.1) is 0 Å². The molecule has 0 aliphatic heterocycles. The topological polar surface area (TPSA) is 16.1 Å². The van der Waals surface area contributed by atoms with Crippen molar-refractivity contribution in [3.8, 4) is 0 Å². The average Bonchev–Trinajstić information content (AvgIpc) is 2.28. The molecule has 1 unspecified atom stereocenters. The van der Waals surface area contributed by atoms with Gasteiger partial charge in [-0.15, -0.1) is 11.6 Å². The van der Waals surface area contributed by atoms with Crippen molar-refractivity contribution in [2.75, 3.05) is 24.0 Å². The SMILES string of the molecule is CSCC(C)N(C)c1ncc(CCl)cc1Cl. The smallest absolute Gasteiger partial charge is 0.147 e. The van der Waals surface area contributed by atoms with Gasteiger partial charge in [0.1, 0.15) is 5.82 Å². The summed E-state index contributed by atoms with van der Waals surface area (Å²) in [5.41, 5.74) is 0.946. The van der Waals surface area contributed by atoms with E-state index in [0.717, 1.165) is 17.1 Å². The van der Waals surface area contributed by atoms with Crippen molar-refractivity contribution >= 4 is 40.8 Å². The molecule has 0 saturated heterocycles. The van der Waals surface area contributed by atoms with Gasteiger partial charge >= 0.3 is 0 Å². The van der Waals surface area contributed by atoms with Crippen molar-refractivity contribution in [3.63, 3.8) is 0 Å². The number of anilines is 1. The maximum absolute atomic E-state index is 6.18. The number of rotatable bonds is 5. The second kappa shape index (κ2) is 6.58. The molecule has 1 aromatic heterocycles. The molecule has 0 radical (unpaired) electrons. The molecular formula is C11H16Cl2N2S. The summed E-state index contributed by atoms with van der Waals surface area (Å²) in [5.74, 6) is 2.31. The molecule has 1 aromatic rings. The molecule has 0 aromatic carbocycles. The second-order valence-corrected chi connectivity index (χ2v) is 5.28. The molecule has 0 aliphatic carbocycles. The van der Waals surface area contributed by atoms with Crippen molar-refractivity contribution < 1.29 is 0 Å². The first kappa shape index (κ1) is 13.9. The summed E-state index contributed by atoms with van der Waals surface area (Å²) in [5, 5.41) is 0.661. The van der Waals surface area contributed by atoms with Crippen LogP contribution in [0.25, 0.3) is 0 Å². The Kier molecular flexibility index (Phi) is 5.73. The van der Waals surface area contributed by atoms with E-state index in [1.54, 1.807) is 6.20 Å². The van der Waals surface area contributed by atoms with E-state index in [1.165, 1.54) is 0 Å². The van der Waals surface area contributed by atoms with Gasteiger partial charge in [0.15, 0.2) is 0 Å². The predicted octanol–water partition coefficient (Wildman–Crippen LogP) is 3.66. The summed E-state index contributed by atoms with van der Waals surface area (Å²) in [6.45, 7) is 2.16. The van der Waals surface area contributed by atoms with Crippen LogP contribution in [-0.4, -0.2) is 30.1 Å². The molecule has 0 spiro atoms. The quantitative estimate of drug-likeness (QED) is 0.765. The molecular weight excluding hydrogens is 263 g/mol. The Hall–Kier alpha value is -0.120. The standard InChI is InChI=1S/C11H16Cl2N2S/c1-8(7-16-3)15(2)11-10(13)4-9(5-12)6-14-11/h4,6,8H,5,7H2,1-3H3. The second-order valence-electron chi connectivity index (χ2n) is 3.70. The molecule has 0 aliphatic rings. The van der Waals surface area contributed by atoms with Crippen LogP contribution in [0.15, 0.2) is 12.3 Å². The first-order valence-electron chi connectivity index (χ1n) is 5.02. The van der Waals surface area contributed by atoms with Crippen LogP contribution in [0.3, 0.4) is 0 Å². The number of nitrogens with zero attached hydrogens (tertiary/aromatic N) is 2. The third-order valence-corrected chi connectivity index (χ3v) is 3.84. The summed E-state index contributed by atoms with van der Waals surface area (Å²) in [7, 11) is 2.01. The van der Waals surface area contributed by atoms with E-state index in [-0.39, 0.29) is 0 Å². The van der Waals surface area contributed by atoms with Crippen molar-refractivity contribution in [3.05, 3.63) is 22.8 Å². The Morgan fingerprint density at radius 2 is 2.25 bits per heavy atom. The van der Waals surface area contributed by atoms with Gasteiger partial charge in [0.05, 0.1) is 5.02 Å². The van der Waals surface area contributed by atoms with Crippen LogP contribution in [0.5, 0.6) is 0 Å². The molecule has 2 nitrogen and oxygen atoms in total. The Morgan fingerprint density at radius 1 is 1.56 bits per heavy atom. The van der Waals surface area contributed by atoms with Crippen LogP contribution >= 0.6 is 35.0 Å². The van der Waals surface area contributed by atoms with E-state index in [2.05, 4.69) is 23.1 Å². The summed E-state index contributed by atoms with van der Waals surface area (Å²) in [6.07, 6.45) is 3.87. The van der Waals surface area contributed by atoms with E-state index in [0.29, 0.717) is 16.9 Å². The fraction of sp³-hybridized carbons (Fsp3) is 0.545. The van der Waals surface area contributed by atoms with Gasteiger partial charge in [-0.25, -0.2) is 4.98 Å². The molecule has 1 rings (SSSR count). The minimum Gasteiger partial charge on any atom is -0.355 e. The van der Waals surface area contributed by atoms with E-state index < -0.39 is 0 Å². The van der Waals surface area contributed by atoms with Crippen LogP contribution in [0.4, 0.5) is 5.82 Å². The highest BCUT2D eigenvalue weighted by Crippen LogP contribution is 2.25. The van der Waals surface area contributed by atoms with Gasteiger partial charge in [0.2, 0.25) is 0 Å². The number of aromatic nitrogens is 1. The van der Waals surface area contributed by atoms with Crippen molar-refractivity contribution in [2.24, 2.45) is 0 Å². The van der Waals surface area contributed by atoms with Crippen molar-refractivity contribution in [2.45, 2.75) is 18.8 Å². The molecule has 1 heterocycles. The third kappa shape index (κ3) is 3.44. The zero-order chi connectivity index (χ0) is 12.1. The molecule has 0 amide bonds. The van der Waals surface area contributed by atoms with Gasteiger partial charge < -0.3 is 4.90 Å². The summed E-state index contributed by atoms with van der Waals surface area (Å²) < 4.78 is 0. The van der Waals surface area contributed by atoms with E-state index in [1.807, 2.05) is 24.9 Å². The largest absolute Gasteiger partial charge is 0.355 e. The number of hydrogen-bond donors (Lipinski definition) is 0. The van der Waals surface area contributed by atoms with Gasteiger partial charge in [-0.2, -0.15) is 11.8 Å². The highest BCUT2D eigenvalue weighted by atomic mass is 35.5. The Bertz CT molecular complexity index is 347. The number of halogens is 2. The van der Waals surface area contributed by atoms with Crippen LogP contribution in [0.1, 0.15) is 12.5 Å². The Labute approximate surface area is 111 Å². The van der Waals surface area contributed by atoms with Gasteiger partial charge in [-0.1, -0.05) is 11.6 Å². The number of alkyl halides is 1. The maximum Gasteiger partial charge on any atom is 0.147 e. The highest BCUT2D eigenvalue weighted by Gasteiger charge is 2.14. The Balaban J connectivity index is 2.87. The summed E-state index contributed by atoms with van der Waals surface area (Å²) in [6, 6.07) is 2.28. The lowest BCUT2D eigenvalue weighted by atomic mass is 10.3. The van der Waals surface area contributed by atoms with Crippen LogP contribution in [-0.2, 0) is 5.88 Å². The first-order chi connectivity index (χ1) is 7.60. The lowest BCUT2D eigenvalue weighted by molar-refractivity contribution is 0.753. The molecule has 0 fully saturated rings. The zero-order valence-corrected chi connectivity index (χ0v) is 12.0. The third-order valence-electron chi connectivity index (χ3n) is 2.44. The van der Waals surface area contributed by atoms with Gasteiger partial charge in [0.25, 0.3) is 0 Å². The number of thioether (sulfide) groups is 1. The van der Waals surface area contributed by atoms with E-state index >= 15 is 0 Å². The number of hydrogen-bond acceptors (Lipinski definition) is 3. The minimum atomic E-state index is 0.404. The van der Waals surface area contributed by atoms with Crippen LogP contribution < -0.4 is 4.90 Å². The van der Waals surface area contributed by atoms with Crippen molar-refractivity contribution in [1.29, 1.82) is 0 Å². The monoisotopic (exact) mass is 278 g/mol. The fourth-order valence-electron chi connectivity index (χ4n) is 1.36. The van der Waals surface area contributed by atoms with E-state index in [9.17, 15) is 0 Å². The molecule has 0 N–H and O–H groups in total. The van der Waals surface area contributed by atoms with Gasteiger partial charge in [-0.05, 0) is 24.8 Å². The molecule has 0 bridgehead atoms. The highest BCUT2D eigenvalue weighted by molar-refractivity contribution is 7.98. The summed E-state index contributed by atoms with van der Waals surface area (Å²) >= 11 is 13.7. The normalized spacial score (nSPS) is 12.6. The maximum atomic E-state index is 6.18. The predicted molar refractivity (Wildman–Crippen MR) is 75.1 cm³/mol. The lowest BCUT2D eigenvalue weighted by Gasteiger charge is -2.26. The first-order valence-corrected chi connectivity index (χ1v) is 7.33. The molecule has 0 saturated carbocycles. The minimum absolute atomic E-state index is 0.404. The Morgan fingerprint density at radius 3 is 2.75 bits per heavy atom. The van der Waals surface area contributed by atoms with Gasteiger partial charge in [-0.3, -0.25) is 0 Å². The summed E-state index contributed by atoms with van der Waals surface area (Å²) in [4.78, 5) is 6.45. The fourth-order valence-corrected chi connectivity index (χ4v) is 2.54. The molecule has 90 valence electrons.